The Balaban J connectivity index is 1.93. The predicted octanol–water partition coefficient (Wildman–Crippen LogP) is 3.47. The molecule has 0 aliphatic rings. The van der Waals surface area contributed by atoms with Gasteiger partial charge in [-0.2, -0.15) is 0 Å². The number of benzene rings is 2. The lowest BCUT2D eigenvalue weighted by Crippen LogP contribution is -2.26. The first-order chi connectivity index (χ1) is 9.27. The van der Waals surface area contributed by atoms with Crippen LogP contribution in [0.2, 0.25) is 0 Å². The number of likely N-dealkylation sites (N-methyl/N-ethyl adjacent to an activating group) is 1. The van der Waals surface area contributed by atoms with Crippen LogP contribution in [0.25, 0.3) is 6.08 Å². The molecule has 2 nitrogen and oxygen atoms in total. The van der Waals surface area contributed by atoms with Crippen LogP contribution in [0.3, 0.4) is 0 Å². The van der Waals surface area contributed by atoms with Gasteiger partial charge in [0.25, 0.3) is 5.91 Å². The summed E-state index contributed by atoms with van der Waals surface area (Å²) in [5.41, 5.74) is 1.86. The van der Waals surface area contributed by atoms with Crippen molar-refractivity contribution < 1.29 is 4.79 Å². The zero-order chi connectivity index (χ0) is 13.5. The Kier molecular flexibility index (Phi) is 4.51. The molecule has 2 heteroatoms. The first-order valence-electron chi connectivity index (χ1n) is 6.29. The lowest BCUT2D eigenvalue weighted by atomic mass is 10.2. The summed E-state index contributed by atoms with van der Waals surface area (Å²) in [5.74, 6) is 0.0401. The van der Waals surface area contributed by atoms with Gasteiger partial charge in [-0.15, -0.1) is 0 Å². The van der Waals surface area contributed by atoms with Crippen LogP contribution in [0.15, 0.2) is 66.7 Å². The lowest BCUT2D eigenvalue weighted by molar-refractivity contribution is 0.0810. The van der Waals surface area contributed by atoms with Crippen molar-refractivity contribution in [3.05, 3.63) is 77.9 Å². The summed E-state index contributed by atoms with van der Waals surface area (Å²) in [6, 6.07) is 19.4. The molecular weight excluding hydrogens is 234 g/mol. The second-order valence-corrected chi connectivity index (χ2v) is 4.36. The fraction of sp³-hybridized carbons (Fsp3) is 0.118. The largest absolute Gasteiger partial charge is 0.338 e. The van der Waals surface area contributed by atoms with E-state index in [1.54, 1.807) is 4.90 Å². The van der Waals surface area contributed by atoms with Crippen molar-refractivity contribution in [1.82, 2.24) is 4.90 Å². The van der Waals surface area contributed by atoms with E-state index in [1.807, 2.05) is 79.9 Å². The van der Waals surface area contributed by atoms with Crippen LogP contribution >= 0.6 is 0 Å². The maximum Gasteiger partial charge on any atom is 0.253 e. The normalized spacial score (nSPS) is 10.6. The number of carbonyl (C=O) groups is 1. The SMILES string of the molecule is CN(C/C=C/c1ccccc1)C(=O)c1ccccc1. The third-order valence-corrected chi connectivity index (χ3v) is 2.86. The minimum Gasteiger partial charge on any atom is -0.338 e. The van der Waals surface area contributed by atoms with E-state index >= 15 is 0 Å². The topological polar surface area (TPSA) is 20.3 Å². The zero-order valence-electron chi connectivity index (χ0n) is 11.0. The third-order valence-electron chi connectivity index (χ3n) is 2.86. The number of hydrogen-bond donors (Lipinski definition) is 0. The summed E-state index contributed by atoms with van der Waals surface area (Å²) in [6.45, 7) is 0.600. The van der Waals surface area contributed by atoms with Gasteiger partial charge in [0, 0.05) is 19.2 Å². The highest BCUT2D eigenvalue weighted by molar-refractivity contribution is 5.94. The molecule has 0 saturated heterocycles. The second kappa shape index (κ2) is 6.55. The minimum atomic E-state index is 0.0401. The van der Waals surface area contributed by atoms with E-state index in [4.69, 9.17) is 0 Å². The number of amides is 1. The van der Waals surface area contributed by atoms with E-state index in [0.717, 1.165) is 11.1 Å². The molecule has 2 rings (SSSR count). The lowest BCUT2D eigenvalue weighted by Gasteiger charge is -2.14. The van der Waals surface area contributed by atoms with Crippen LogP contribution in [-0.4, -0.2) is 24.4 Å². The summed E-state index contributed by atoms with van der Waals surface area (Å²) in [5, 5.41) is 0. The standard InChI is InChI=1S/C17H17NO/c1-18(17(19)16-12-6-3-7-13-16)14-8-11-15-9-4-2-5-10-15/h2-13H,14H2,1H3/b11-8+. The maximum atomic E-state index is 12.1. The molecule has 96 valence electrons. The molecule has 0 fully saturated rings. The van der Waals surface area contributed by atoms with Crippen LogP contribution in [0.4, 0.5) is 0 Å². The molecule has 0 aliphatic heterocycles. The van der Waals surface area contributed by atoms with Gasteiger partial charge in [0.15, 0.2) is 0 Å². The molecule has 1 amide bonds. The monoisotopic (exact) mass is 251 g/mol. The molecule has 2 aromatic carbocycles. The highest BCUT2D eigenvalue weighted by Crippen LogP contribution is 2.04. The van der Waals surface area contributed by atoms with Crippen LogP contribution in [0.5, 0.6) is 0 Å². The van der Waals surface area contributed by atoms with E-state index in [2.05, 4.69) is 0 Å². The molecule has 2 aromatic rings. The number of carbonyl (C=O) groups excluding carboxylic acids is 1. The van der Waals surface area contributed by atoms with E-state index in [-0.39, 0.29) is 5.91 Å². The molecule has 0 spiro atoms. The van der Waals surface area contributed by atoms with Crippen molar-refractivity contribution >= 4 is 12.0 Å². The van der Waals surface area contributed by atoms with Crippen molar-refractivity contribution in [2.24, 2.45) is 0 Å². The van der Waals surface area contributed by atoms with Gasteiger partial charge in [-0.25, -0.2) is 0 Å². The van der Waals surface area contributed by atoms with E-state index in [9.17, 15) is 4.79 Å². The zero-order valence-corrected chi connectivity index (χ0v) is 11.0. The molecule has 0 heterocycles. The molecule has 0 saturated carbocycles. The third kappa shape index (κ3) is 3.81. The van der Waals surface area contributed by atoms with Crippen molar-refractivity contribution in [2.75, 3.05) is 13.6 Å². The Hall–Kier alpha value is -2.35. The van der Waals surface area contributed by atoms with Crippen molar-refractivity contribution in [2.45, 2.75) is 0 Å². The highest BCUT2D eigenvalue weighted by Gasteiger charge is 2.08. The van der Waals surface area contributed by atoms with Gasteiger partial charge >= 0.3 is 0 Å². The second-order valence-electron chi connectivity index (χ2n) is 4.36. The fourth-order valence-corrected chi connectivity index (χ4v) is 1.80. The van der Waals surface area contributed by atoms with Crippen LogP contribution < -0.4 is 0 Å². The summed E-state index contributed by atoms with van der Waals surface area (Å²) in [6.07, 6.45) is 4.02. The van der Waals surface area contributed by atoms with Gasteiger partial charge in [0.05, 0.1) is 0 Å². The predicted molar refractivity (Wildman–Crippen MR) is 78.9 cm³/mol. The molecule has 0 unspecified atom stereocenters. The Labute approximate surface area is 114 Å². The van der Waals surface area contributed by atoms with E-state index in [1.165, 1.54) is 0 Å². The van der Waals surface area contributed by atoms with Gasteiger partial charge in [0.1, 0.15) is 0 Å². The summed E-state index contributed by atoms with van der Waals surface area (Å²) < 4.78 is 0. The summed E-state index contributed by atoms with van der Waals surface area (Å²) in [4.78, 5) is 13.8. The Morgan fingerprint density at radius 1 is 1.00 bits per heavy atom. The Morgan fingerprint density at radius 3 is 2.21 bits per heavy atom. The first-order valence-corrected chi connectivity index (χ1v) is 6.29. The smallest absolute Gasteiger partial charge is 0.253 e. The summed E-state index contributed by atoms with van der Waals surface area (Å²) >= 11 is 0. The van der Waals surface area contributed by atoms with Crippen molar-refractivity contribution in [1.29, 1.82) is 0 Å². The van der Waals surface area contributed by atoms with E-state index < -0.39 is 0 Å². The van der Waals surface area contributed by atoms with Gasteiger partial charge < -0.3 is 4.90 Å². The van der Waals surface area contributed by atoms with Gasteiger partial charge in [-0.1, -0.05) is 60.7 Å². The number of rotatable bonds is 4. The van der Waals surface area contributed by atoms with Crippen LogP contribution in [-0.2, 0) is 0 Å². The van der Waals surface area contributed by atoms with Gasteiger partial charge in [0.2, 0.25) is 0 Å². The molecule has 0 bridgehead atoms. The summed E-state index contributed by atoms with van der Waals surface area (Å²) in [7, 11) is 1.81. The maximum absolute atomic E-state index is 12.1. The Morgan fingerprint density at radius 2 is 1.58 bits per heavy atom. The Bertz CT molecular complexity index is 546. The van der Waals surface area contributed by atoms with Gasteiger partial charge in [-0.05, 0) is 17.7 Å². The average Bonchev–Trinajstić information content (AvgIpc) is 2.48. The highest BCUT2D eigenvalue weighted by atomic mass is 16.2. The number of nitrogens with zero attached hydrogens (tertiary/aromatic N) is 1. The average molecular weight is 251 g/mol. The molecular formula is C17H17NO. The molecule has 0 atom stereocenters. The molecule has 0 radical (unpaired) electrons. The van der Waals surface area contributed by atoms with Crippen molar-refractivity contribution in [3.63, 3.8) is 0 Å². The minimum absolute atomic E-state index is 0.0401. The van der Waals surface area contributed by atoms with E-state index in [0.29, 0.717) is 6.54 Å². The molecule has 0 aromatic heterocycles. The molecule has 0 N–H and O–H groups in total. The first kappa shape index (κ1) is 13.1. The quantitative estimate of drug-likeness (QED) is 0.814. The van der Waals surface area contributed by atoms with Crippen LogP contribution in [0, 0.1) is 0 Å². The van der Waals surface area contributed by atoms with Crippen LogP contribution in [0.1, 0.15) is 15.9 Å². The number of hydrogen-bond acceptors (Lipinski definition) is 1. The molecule has 19 heavy (non-hydrogen) atoms. The molecule has 0 aliphatic carbocycles. The van der Waals surface area contributed by atoms with Gasteiger partial charge in [-0.3, -0.25) is 4.79 Å². The fourth-order valence-electron chi connectivity index (χ4n) is 1.80. The van der Waals surface area contributed by atoms with Crippen molar-refractivity contribution in [3.8, 4) is 0 Å².